The molecule has 7 heteroatoms. The lowest BCUT2D eigenvalue weighted by atomic mass is 10.2. The molecule has 1 heterocycles. The monoisotopic (exact) mass is 321 g/mol. The van der Waals surface area contributed by atoms with Crippen LogP contribution in [0.15, 0.2) is 24.3 Å². The van der Waals surface area contributed by atoms with Crippen LogP contribution in [0.25, 0.3) is 0 Å². The first-order chi connectivity index (χ1) is 10.4. The Kier molecular flexibility index (Phi) is 4.82. The maximum Gasteiger partial charge on any atom is 0.338 e. The SMILES string of the molecule is CCOC(=O)c1ccc(NC(=O)c2c(Cl)c(C)nn2C)cc1. The van der Waals surface area contributed by atoms with Crippen molar-refractivity contribution in [1.29, 1.82) is 0 Å². The molecule has 0 unspecified atom stereocenters. The lowest BCUT2D eigenvalue weighted by Crippen LogP contribution is -2.16. The van der Waals surface area contributed by atoms with Crippen LogP contribution in [0.2, 0.25) is 5.02 Å². The Morgan fingerprint density at radius 1 is 1.32 bits per heavy atom. The highest BCUT2D eigenvalue weighted by atomic mass is 35.5. The number of rotatable bonds is 4. The van der Waals surface area contributed by atoms with Crippen molar-refractivity contribution in [2.75, 3.05) is 11.9 Å². The van der Waals surface area contributed by atoms with Crippen LogP contribution in [0, 0.1) is 6.92 Å². The minimum absolute atomic E-state index is 0.286. The summed E-state index contributed by atoms with van der Waals surface area (Å²) in [5, 5.41) is 7.13. The molecule has 22 heavy (non-hydrogen) atoms. The molecule has 1 N–H and O–H groups in total. The number of halogens is 1. The second kappa shape index (κ2) is 6.62. The molecule has 0 saturated heterocycles. The number of carbonyl (C=O) groups is 2. The minimum Gasteiger partial charge on any atom is -0.462 e. The molecule has 0 aliphatic heterocycles. The molecule has 1 aromatic heterocycles. The average molecular weight is 322 g/mol. The molecule has 1 amide bonds. The summed E-state index contributed by atoms with van der Waals surface area (Å²) in [6.07, 6.45) is 0. The predicted octanol–water partition coefficient (Wildman–Crippen LogP) is 2.81. The number of hydrogen-bond acceptors (Lipinski definition) is 4. The summed E-state index contributed by atoms with van der Waals surface area (Å²) in [5.74, 6) is -0.761. The number of hydrogen-bond donors (Lipinski definition) is 1. The molecular weight excluding hydrogens is 306 g/mol. The van der Waals surface area contributed by atoms with Gasteiger partial charge in [0.1, 0.15) is 5.69 Å². The highest BCUT2D eigenvalue weighted by Gasteiger charge is 2.18. The van der Waals surface area contributed by atoms with E-state index in [-0.39, 0.29) is 11.6 Å². The van der Waals surface area contributed by atoms with Crippen LogP contribution in [0.1, 0.15) is 33.5 Å². The van der Waals surface area contributed by atoms with Gasteiger partial charge in [-0.1, -0.05) is 11.6 Å². The van der Waals surface area contributed by atoms with Gasteiger partial charge in [-0.05, 0) is 38.1 Å². The standard InChI is InChI=1S/C15H16ClN3O3/c1-4-22-15(21)10-5-7-11(8-6-10)17-14(20)13-12(16)9(2)18-19(13)3/h5-8H,4H2,1-3H3,(H,17,20). The minimum atomic E-state index is -0.398. The molecule has 0 radical (unpaired) electrons. The van der Waals surface area contributed by atoms with E-state index in [1.54, 1.807) is 45.2 Å². The van der Waals surface area contributed by atoms with Crippen molar-refractivity contribution in [3.05, 3.63) is 46.2 Å². The number of carbonyl (C=O) groups excluding carboxylic acids is 2. The molecule has 1 aromatic carbocycles. The number of ether oxygens (including phenoxy) is 1. The summed E-state index contributed by atoms with van der Waals surface area (Å²) in [7, 11) is 1.65. The fourth-order valence-electron chi connectivity index (χ4n) is 1.97. The maximum absolute atomic E-state index is 12.2. The van der Waals surface area contributed by atoms with E-state index >= 15 is 0 Å². The number of nitrogens with zero attached hydrogens (tertiary/aromatic N) is 2. The number of amides is 1. The van der Waals surface area contributed by atoms with Gasteiger partial charge in [0.2, 0.25) is 0 Å². The van der Waals surface area contributed by atoms with E-state index in [4.69, 9.17) is 16.3 Å². The molecule has 0 aliphatic rings. The first kappa shape index (κ1) is 16.0. The highest BCUT2D eigenvalue weighted by molar-refractivity contribution is 6.34. The van der Waals surface area contributed by atoms with Crippen molar-refractivity contribution in [1.82, 2.24) is 9.78 Å². The van der Waals surface area contributed by atoms with E-state index in [9.17, 15) is 9.59 Å². The van der Waals surface area contributed by atoms with Crippen LogP contribution in [-0.4, -0.2) is 28.3 Å². The zero-order chi connectivity index (χ0) is 16.3. The van der Waals surface area contributed by atoms with Gasteiger partial charge >= 0.3 is 5.97 Å². The second-order valence-corrected chi connectivity index (χ2v) is 5.00. The first-order valence-corrected chi connectivity index (χ1v) is 7.09. The molecule has 0 saturated carbocycles. The van der Waals surface area contributed by atoms with Gasteiger partial charge in [-0.2, -0.15) is 5.10 Å². The smallest absolute Gasteiger partial charge is 0.338 e. The van der Waals surface area contributed by atoms with Crippen LogP contribution in [0.4, 0.5) is 5.69 Å². The molecule has 0 bridgehead atoms. The molecule has 0 aliphatic carbocycles. The highest BCUT2D eigenvalue weighted by Crippen LogP contribution is 2.21. The number of anilines is 1. The second-order valence-electron chi connectivity index (χ2n) is 4.62. The zero-order valence-corrected chi connectivity index (χ0v) is 13.3. The number of nitrogens with one attached hydrogen (secondary N) is 1. The van der Waals surface area contributed by atoms with Crippen LogP contribution in [0.5, 0.6) is 0 Å². The summed E-state index contributed by atoms with van der Waals surface area (Å²) in [6, 6.07) is 6.43. The van der Waals surface area contributed by atoms with Gasteiger partial charge in [0.15, 0.2) is 0 Å². The molecule has 0 fully saturated rings. The Balaban J connectivity index is 2.14. The Labute approximate surface area is 133 Å². The number of aryl methyl sites for hydroxylation is 2. The third-order valence-electron chi connectivity index (χ3n) is 3.02. The van der Waals surface area contributed by atoms with Crippen molar-refractivity contribution in [3.8, 4) is 0 Å². The fraction of sp³-hybridized carbons (Fsp3) is 0.267. The summed E-state index contributed by atoms with van der Waals surface area (Å²) in [6.45, 7) is 3.79. The van der Waals surface area contributed by atoms with Gasteiger partial charge in [0, 0.05) is 12.7 Å². The number of benzene rings is 1. The van der Waals surface area contributed by atoms with Crippen molar-refractivity contribution in [2.45, 2.75) is 13.8 Å². The van der Waals surface area contributed by atoms with Crippen molar-refractivity contribution >= 4 is 29.2 Å². The van der Waals surface area contributed by atoms with Crippen molar-refractivity contribution < 1.29 is 14.3 Å². The van der Waals surface area contributed by atoms with Gasteiger partial charge in [0.05, 0.1) is 22.9 Å². The third-order valence-corrected chi connectivity index (χ3v) is 3.47. The predicted molar refractivity (Wildman–Crippen MR) is 83.3 cm³/mol. The third kappa shape index (κ3) is 3.28. The molecule has 0 atom stereocenters. The van der Waals surface area contributed by atoms with E-state index in [0.717, 1.165) is 0 Å². The van der Waals surface area contributed by atoms with E-state index in [1.165, 1.54) is 4.68 Å². The normalized spacial score (nSPS) is 10.4. The number of aromatic nitrogens is 2. The average Bonchev–Trinajstić information content (AvgIpc) is 2.73. The zero-order valence-electron chi connectivity index (χ0n) is 12.5. The Hall–Kier alpha value is -2.34. The lowest BCUT2D eigenvalue weighted by molar-refractivity contribution is 0.0526. The Morgan fingerprint density at radius 3 is 2.45 bits per heavy atom. The molecule has 116 valence electrons. The van der Waals surface area contributed by atoms with Crippen LogP contribution in [0.3, 0.4) is 0 Å². The maximum atomic E-state index is 12.2. The van der Waals surface area contributed by atoms with E-state index in [0.29, 0.717) is 28.6 Å². The quantitative estimate of drug-likeness (QED) is 0.879. The van der Waals surface area contributed by atoms with Crippen molar-refractivity contribution in [2.24, 2.45) is 7.05 Å². The van der Waals surface area contributed by atoms with E-state index in [2.05, 4.69) is 10.4 Å². The van der Waals surface area contributed by atoms with Gasteiger partial charge in [-0.25, -0.2) is 4.79 Å². The van der Waals surface area contributed by atoms with Crippen LogP contribution >= 0.6 is 11.6 Å². The largest absolute Gasteiger partial charge is 0.462 e. The molecule has 2 rings (SSSR count). The summed E-state index contributed by atoms with van der Waals surface area (Å²) in [4.78, 5) is 23.8. The van der Waals surface area contributed by atoms with Crippen LogP contribution in [-0.2, 0) is 11.8 Å². The van der Waals surface area contributed by atoms with E-state index < -0.39 is 5.97 Å². The van der Waals surface area contributed by atoms with Gasteiger partial charge in [-0.15, -0.1) is 0 Å². The summed E-state index contributed by atoms with van der Waals surface area (Å²) < 4.78 is 6.33. The fourth-order valence-corrected chi connectivity index (χ4v) is 2.22. The topological polar surface area (TPSA) is 73.2 Å². The van der Waals surface area contributed by atoms with Gasteiger partial charge in [-0.3, -0.25) is 9.48 Å². The van der Waals surface area contributed by atoms with E-state index in [1.807, 2.05) is 0 Å². The van der Waals surface area contributed by atoms with Crippen LogP contribution < -0.4 is 5.32 Å². The van der Waals surface area contributed by atoms with Crippen molar-refractivity contribution in [3.63, 3.8) is 0 Å². The van der Waals surface area contributed by atoms with Gasteiger partial charge < -0.3 is 10.1 Å². The molecule has 2 aromatic rings. The Bertz CT molecular complexity index is 708. The summed E-state index contributed by atoms with van der Waals surface area (Å²) >= 11 is 6.07. The molecule has 0 spiro atoms. The Morgan fingerprint density at radius 2 is 1.95 bits per heavy atom. The van der Waals surface area contributed by atoms with Gasteiger partial charge in [0.25, 0.3) is 5.91 Å². The first-order valence-electron chi connectivity index (χ1n) is 6.71. The lowest BCUT2D eigenvalue weighted by Gasteiger charge is -2.07. The molecular formula is C15H16ClN3O3. The summed E-state index contributed by atoms with van der Waals surface area (Å²) in [5.41, 5.74) is 1.85. The number of esters is 1. The molecule has 6 nitrogen and oxygen atoms in total.